The van der Waals surface area contributed by atoms with E-state index >= 15 is 0 Å². The summed E-state index contributed by atoms with van der Waals surface area (Å²) in [6, 6.07) is 6.38. The monoisotopic (exact) mass is 270 g/mol. The van der Waals surface area contributed by atoms with Crippen LogP contribution >= 0.6 is 0 Å². The molecule has 0 unspecified atom stereocenters. The average Bonchev–Trinajstić information content (AvgIpc) is 3.04. The van der Waals surface area contributed by atoms with Gasteiger partial charge in [-0.05, 0) is 42.5 Å². The van der Waals surface area contributed by atoms with Gasteiger partial charge in [-0.1, -0.05) is 6.07 Å². The van der Waals surface area contributed by atoms with Crippen LogP contribution in [0.5, 0.6) is 0 Å². The lowest BCUT2D eigenvalue weighted by atomic mass is 10.1. The predicted molar refractivity (Wildman–Crippen MR) is 78.4 cm³/mol. The van der Waals surface area contributed by atoms with Crippen LogP contribution in [0.1, 0.15) is 23.4 Å². The smallest absolute Gasteiger partial charge is 0.193 e. The number of nitrogens with one attached hydrogen (secondary N) is 1. The Hall–Kier alpha value is -2.37. The number of fused-ring (bicyclic) bond motifs is 1. The zero-order valence-electron chi connectivity index (χ0n) is 11.5. The number of nitrogens with two attached hydrogens (primary N) is 1. The Morgan fingerprint density at radius 1 is 1.40 bits per heavy atom. The first kappa shape index (κ1) is 12.7. The first-order valence-electron chi connectivity index (χ1n) is 6.74. The van der Waals surface area contributed by atoms with Gasteiger partial charge in [-0.3, -0.25) is 4.68 Å². The third kappa shape index (κ3) is 2.64. The molecule has 6 heteroatoms. The molecule has 0 spiro atoms. The van der Waals surface area contributed by atoms with Crippen LogP contribution in [0, 0.1) is 0 Å². The Kier molecular flexibility index (Phi) is 3.37. The first-order chi connectivity index (χ1) is 9.72. The lowest BCUT2D eigenvalue weighted by molar-refractivity contribution is 0.702. The summed E-state index contributed by atoms with van der Waals surface area (Å²) in [6.07, 6.45) is 5.09. The molecule has 0 amide bonds. The molecule has 3 N–H and O–H groups in total. The first-order valence-corrected chi connectivity index (χ1v) is 6.74. The molecule has 1 aromatic carbocycles. The molecule has 104 valence electrons. The fourth-order valence-corrected chi connectivity index (χ4v) is 2.46. The largest absolute Gasteiger partial charge is 0.370 e. The van der Waals surface area contributed by atoms with E-state index in [-0.39, 0.29) is 0 Å². The van der Waals surface area contributed by atoms with Crippen molar-refractivity contribution < 1.29 is 0 Å². The number of guanidine groups is 1. The van der Waals surface area contributed by atoms with E-state index < -0.39 is 0 Å². The summed E-state index contributed by atoms with van der Waals surface area (Å²) in [5, 5.41) is 7.12. The van der Waals surface area contributed by atoms with Crippen LogP contribution in [0.15, 0.2) is 29.5 Å². The van der Waals surface area contributed by atoms with E-state index in [4.69, 9.17) is 5.73 Å². The van der Waals surface area contributed by atoms with Crippen molar-refractivity contribution in [3.05, 3.63) is 41.5 Å². The van der Waals surface area contributed by atoms with Crippen LogP contribution in [0.2, 0.25) is 0 Å². The number of rotatable bonds is 3. The van der Waals surface area contributed by atoms with Crippen molar-refractivity contribution in [1.29, 1.82) is 0 Å². The highest BCUT2D eigenvalue weighted by Gasteiger charge is 2.10. The third-order valence-corrected chi connectivity index (χ3v) is 3.57. The van der Waals surface area contributed by atoms with Gasteiger partial charge in [0, 0.05) is 12.7 Å². The molecule has 0 saturated heterocycles. The molecule has 1 heterocycles. The van der Waals surface area contributed by atoms with Crippen molar-refractivity contribution in [3.8, 4) is 0 Å². The van der Waals surface area contributed by atoms with Crippen molar-refractivity contribution >= 4 is 11.6 Å². The normalized spacial score (nSPS) is 14.3. The molecule has 0 atom stereocenters. The van der Waals surface area contributed by atoms with Gasteiger partial charge < -0.3 is 11.1 Å². The van der Waals surface area contributed by atoms with Crippen molar-refractivity contribution in [1.82, 2.24) is 14.8 Å². The van der Waals surface area contributed by atoms with Crippen LogP contribution in [-0.2, 0) is 26.4 Å². The molecule has 6 nitrogen and oxygen atoms in total. The van der Waals surface area contributed by atoms with Crippen LogP contribution in [0.3, 0.4) is 0 Å². The number of nitrogens with zero attached hydrogens (tertiary/aromatic N) is 4. The van der Waals surface area contributed by atoms with Gasteiger partial charge in [-0.2, -0.15) is 5.10 Å². The van der Waals surface area contributed by atoms with E-state index in [1.807, 2.05) is 7.05 Å². The van der Waals surface area contributed by atoms with E-state index in [1.54, 1.807) is 4.68 Å². The highest BCUT2D eigenvalue weighted by molar-refractivity contribution is 5.92. The van der Waals surface area contributed by atoms with E-state index in [0.29, 0.717) is 12.5 Å². The second-order valence-corrected chi connectivity index (χ2v) is 4.96. The molecule has 1 aromatic heterocycles. The fraction of sp³-hybridized carbons (Fsp3) is 0.357. The molecule has 1 aliphatic carbocycles. The number of aromatic nitrogens is 3. The summed E-state index contributed by atoms with van der Waals surface area (Å²) >= 11 is 0. The standard InChI is InChI=1S/C14H18N6/c1-20-13(17-9-18-20)8-16-14(15)19-12-6-5-10-3-2-4-11(10)7-12/h5-7,9H,2-4,8H2,1H3,(H3,15,16,19). The topological polar surface area (TPSA) is 81.1 Å². The van der Waals surface area contributed by atoms with E-state index in [1.165, 1.54) is 30.3 Å². The fourth-order valence-electron chi connectivity index (χ4n) is 2.46. The van der Waals surface area contributed by atoms with Crippen molar-refractivity contribution in [3.63, 3.8) is 0 Å². The van der Waals surface area contributed by atoms with Crippen LogP contribution in [0.4, 0.5) is 5.69 Å². The summed E-state index contributed by atoms with van der Waals surface area (Å²) in [5.74, 6) is 1.18. The second kappa shape index (κ2) is 5.32. The minimum atomic E-state index is 0.394. The van der Waals surface area contributed by atoms with Crippen LogP contribution in [-0.4, -0.2) is 20.7 Å². The third-order valence-electron chi connectivity index (χ3n) is 3.57. The average molecular weight is 270 g/mol. The molecular weight excluding hydrogens is 252 g/mol. The summed E-state index contributed by atoms with van der Waals surface area (Å²) in [4.78, 5) is 8.38. The molecule has 0 saturated carbocycles. The maximum atomic E-state index is 5.90. The summed E-state index contributed by atoms with van der Waals surface area (Å²) < 4.78 is 1.69. The van der Waals surface area contributed by atoms with E-state index in [9.17, 15) is 0 Å². The van der Waals surface area contributed by atoms with Gasteiger partial charge in [0.05, 0.1) is 0 Å². The van der Waals surface area contributed by atoms with Gasteiger partial charge in [0.2, 0.25) is 0 Å². The second-order valence-electron chi connectivity index (χ2n) is 4.96. The molecule has 0 bridgehead atoms. The summed E-state index contributed by atoms with van der Waals surface area (Å²) in [6.45, 7) is 0.417. The van der Waals surface area contributed by atoms with Gasteiger partial charge in [0.15, 0.2) is 5.96 Å². The number of benzene rings is 1. The molecule has 20 heavy (non-hydrogen) atoms. The SMILES string of the molecule is Cn1ncnc1CN=C(N)Nc1ccc2c(c1)CCC2. The number of aliphatic imine (C=N–C) groups is 1. The Labute approximate surface area is 117 Å². The van der Waals surface area contributed by atoms with Gasteiger partial charge in [-0.25, -0.2) is 9.98 Å². The molecule has 0 fully saturated rings. The minimum absolute atomic E-state index is 0.394. The molecular formula is C14H18N6. The Morgan fingerprint density at radius 2 is 2.25 bits per heavy atom. The van der Waals surface area contributed by atoms with E-state index in [0.717, 1.165) is 17.9 Å². The lowest BCUT2D eigenvalue weighted by Crippen LogP contribution is -2.23. The highest BCUT2D eigenvalue weighted by atomic mass is 15.3. The van der Waals surface area contributed by atoms with Gasteiger partial charge in [0.1, 0.15) is 18.7 Å². The summed E-state index contributed by atoms with van der Waals surface area (Å²) in [5.41, 5.74) is 9.75. The predicted octanol–water partition coefficient (Wildman–Crippen LogP) is 1.23. The van der Waals surface area contributed by atoms with Crippen LogP contribution < -0.4 is 11.1 Å². The van der Waals surface area contributed by atoms with Crippen molar-refractivity contribution in [2.75, 3.05) is 5.32 Å². The molecule has 3 rings (SSSR count). The Balaban J connectivity index is 1.66. The van der Waals surface area contributed by atoms with E-state index in [2.05, 4.69) is 38.6 Å². The zero-order valence-corrected chi connectivity index (χ0v) is 11.5. The number of anilines is 1. The number of hydrogen-bond donors (Lipinski definition) is 2. The minimum Gasteiger partial charge on any atom is -0.370 e. The number of aryl methyl sites for hydroxylation is 3. The zero-order chi connectivity index (χ0) is 13.9. The Bertz CT molecular complexity index is 643. The van der Waals surface area contributed by atoms with Crippen LogP contribution in [0.25, 0.3) is 0 Å². The van der Waals surface area contributed by atoms with Crippen molar-refractivity contribution in [2.45, 2.75) is 25.8 Å². The molecule has 0 radical (unpaired) electrons. The van der Waals surface area contributed by atoms with Gasteiger partial charge in [-0.15, -0.1) is 0 Å². The van der Waals surface area contributed by atoms with Crippen molar-refractivity contribution in [2.24, 2.45) is 17.8 Å². The maximum Gasteiger partial charge on any atom is 0.193 e. The Morgan fingerprint density at radius 3 is 3.05 bits per heavy atom. The molecule has 1 aliphatic rings. The highest BCUT2D eigenvalue weighted by Crippen LogP contribution is 2.24. The molecule has 0 aliphatic heterocycles. The van der Waals surface area contributed by atoms with Gasteiger partial charge in [0.25, 0.3) is 0 Å². The molecule has 2 aromatic rings. The lowest BCUT2D eigenvalue weighted by Gasteiger charge is -2.07. The van der Waals surface area contributed by atoms with Gasteiger partial charge >= 0.3 is 0 Å². The maximum absolute atomic E-state index is 5.90. The summed E-state index contributed by atoms with van der Waals surface area (Å²) in [7, 11) is 1.84. The number of hydrogen-bond acceptors (Lipinski definition) is 3. The quantitative estimate of drug-likeness (QED) is 0.649.